The van der Waals surface area contributed by atoms with Gasteiger partial charge in [-0.3, -0.25) is 9.78 Å². The lowest BCUT2D eigenvalue weighted by Crippen LogP contribution is -2.46. The molecule has 1 fully saturated rings. The lowest BCUT2D eigenvalue weighted by atomic mass is 9.95. The van der Waals surface area contributed by atoms with Crippen molar-refractivity contribution >= 4 is 28.5 Å². The molecule has 0 amide bonds. The summed E-state index contributed by atoms with van der Waals surface area (Å²) in [5.74, 6) is -0.394. The summed E-state index contributed by atoms with van der Waals surface area (Å²) in [6.07, 6.45) is 5.50. The smallest absolute Gasteiger partial charge is 0.204 e. The normalized spacial score (nSPS) is 19.9. The van der Waals surface area contributed by atoms with Gasteiger partial charge < -0.3 is 20.8 Å². The molecule has 0 spiro atoms. The predicted molar refractivity (Wildman–Crippen MR) is 105 cm³/mol. The largest absolute Gasteiger partial charge is 0.438 e. The Labute approximate surface area is 161 Å². The number of nitrogens with two attached hydrogens (primary N) is 2. The molecule has 3 aromatic heterocycles. The highest BCUT2D eigenvalue weighted by molar-refractivity contribution is 6.10. The number of Topliss-reactive ketones (excluding diaryl/α,β-unsaturated/α-hetero) is 1. The zero-order chi connectivity index (χ0) is 19.8. The van der Waals surface area contributed by atoms with Gasteiger partial charge in [-0.1, -0.05) is 6.92 Å². The van der Waals surface area contributed by atoms with Crippen molar-refractivity contribution in [3.8, 4) is 0 Å². The number of rotatable bonds is 4. The highest BCUT2D eigenvalue weighted by atomic mass is 19.1. The van der Waals surface area contributed by atoms with Crippen molar-refractivity contribution in [1.82, 2.24) is 9.97 Å². The van der Waals surface area contributed by atoms with Crippen LogP contribution in [-0.4, -0.2) is 34.9 Å². The van der Waals surface area contributed by atoms with Crippen molar-refractivity contribution < 1.29 is 13.6 Å². The van der Waals surface area contributed by atoms with E-state index in [1.165, 1.54) is 6.07 Å². The molecule has 0 aromatic carbocycles. The summed E-state index contributed by atoms with van der Waals surface area (Å²) in [6, 6.07) is 3.16. The predicted octanol–water partition coefficient (Wildman–Crippen LogP) is 2.54. The molecule has 0 aliphatic carbocycles. The molecule has 4 N–H and O–H groups in total. The Morgan fingerprint density at radius 2 is 2.21 bits per heavy atom. The van der Waals surface area contributed by atoms with Crippen LogP contribution < -0.4 is 16.4 Å². The number of carbonyl (C=O) groups excluding carboxylic acids is 1. The molecule has 2 atom stereocenters. The van der Waals surface area contributed by atoms with E-state index in [1.54, 1.807) is 12.4 Å². The Morgan fingerprint density at radius 3 is 3.00 bits per heavy atom. The number of furan rings is 1. The number of piperidine rings is 1. The highest BCUT2D eigenvalue weighted by Crippen LogP contribution is 2.30. The van der Waals surface area contributed by atoms with Crippen LogP contribution in [0.15, 0.2) is 35.1 Å². The third kappa shape index (κ3) is 3.43. The molecular formula is C20H22FN5O2. The van der Waals surface area contributed by atoms with Gasteiger partial charge in [0.1, 0.15) is 16.9 Å². The first-order chi connectivity index (χ1) is 13.4. The molecule has 1 aliphatic heterocycles. The summed E-state index contributed by atoms with van der Waals surface area (Å²) in [5.41, 5.74) is 14.4. The van der Waals surface area contributed by atoms with Crippen LogP contribution in [0.3, 0.4) is 0 Å². The minimum absolute atomic E-state index is 0.0582. The lowest BCUT2D eigenvalue weighted by Gasteiger charge is -2.37. The first-order valence-electron chi connectivity index (χ1n) is 9.22. The number of aromatic nitrogens is 2. The quantitative estimate of drug-likeness (QED) is 0.666. The van der Waals surface area contributed by atoms with Crippen LogP contribution in [0, 0.1) is 11.7 Å². The zero-order valence-corrected chi connectivity index (χ0v) is 15.6. The molecule has 0 radical (unpaired) electrons. The van der Waals surface area contributed by atoms with Gasteiger partial charge in [0.25, 0.3) is 0 Å². The molecule has 0 unspecified atom stereocenters. The topological polar surface area (TPSA) is 111 Å². The zero-order valence-electron chi connectivity index (χ0n) is 15.6. The average Bonchev–Trinajstić information content (AvgIpc) is 2.96. The van der Waals surface area contributed by atoms with Gasteiger partial charge in [0.05, 0.1) is 6.20 Å². The van der Waals surface area contributed by atoms with Crippen LogP contribution in [0.25, 0.3) is 11.1 Å². The van der Waals surface area contributed by atoms with Gasteiger partial charge in [-0.2, -0.15) is 0 Å². The van der Waals surface area contributed by atoms with E-state index in [4.69, 9.17) is 15.9 Å². The van der Waals surface area contributed by atoms with Crippen LogP contribution in [0.1, 0.15) is 29.3 Å². The Hall–Kier alpha value is -3.00. The lowest BCUT2D eigenvalue weighted by molar-refractivity contribution is 0.0994. The first kappa shape index (κ1) is 18.4. The van der Waals surface area contributed by atoms with Crippen molar-refractivity contribution in [1.29, 1.82) is 0 Å². The average molecular weight is 383 g/mol. The molecule has 1 saturated heterocycles. The van der Waals surface area contributed by atoms with E-state index in [0.717, 1.165) is 37.0 Å². The van der Waals surface area contributed by atoms with Gasteiger partial charge in [0.2, 0.25) is 5.88 Å². The molecule has 1 aliphatic rings. The molecule has 0 bridgehead atoms. The first-order valence-corrected chi connectivity index (χ1v) is 9.22. The Morgan fingerprint density at radius 1 is 1.39 bits per heavy atom. The molecule has 4 heterocycles. The van der Waals surface area contributed by atoms with E-state index >= 15 is 0 Å². The molecule has 7 nitrogen and oxygen atoms in total. The molecular weight excluding hydrogens is 361 g/mol. The third-order valence-corrected chi connectivity index (χ3v) is 5.06. The van der Waals surface area contributed by atoms with E-state index in [2.05, 4.69) is 21.8 Å². The summed E-state index contributed by atoms with van der Waals surface area (Å²) >= 11 is 0. The maximum Gasteiger partial charge on any atom is 0.204 e. The van der Waals surface area contributed by atoms with Crippen LogP contribution in [0.2, 0.25) is 0 Å². The number of nitrogen functional groups attached to an aromatic ring is 1. The highest BCUT2D eigenvalue weighted by Gasteiger charge is 2.26. The molecule has 28 heavy (non-hydrogen) atoms. The second-order valence-corrected chi connectivity index (χ2v) is 7.45. The van der Waals surface area contributed by atoms with E-state index in [0.29, 0.717) is 5.92 Å². The number of halogens is 1. The van der Waals surface area contributed by atoms with E-state index in [1.807, 2.05) is 6.07 Å². The minimum atomic E-state index is -0.551. The van der Waals surface area contributed by atoms with Crippen LogP contribution >= 0.6 is 0 Å². The number of anilines is 2. The number of hydrogen-bond acceptors (Lipinski definition) is 7. The third-order valence-electron chi connectivity index (χ3n) is 5.06. The number of carbonyl (C=O) groups is 1. The Bertz CT molecular complexity index is 1020. The number of pyridine rings is 2. The number of nitrogens with zero attached hydrogens (tertiary/aromatic N) is 3. The molecule has 3 aromatic rings. The Balaban J connectivity index is 1.65. The minimum Gasteiger partial charge on any atom is -0.438 e. The van der Waals surface area contributed by atoms with E-state index < -0.39 is 5.82 Å². The van der Waals surface area contributed by atoms with Crippen molar-refractivity contribution in [3.63, 3.8) is 0 Å². The summed E-state index contributed by atoms with van der Waals surface area (Å²) in [4.78, 5) is 23.4. The summed E-state index contributed by atoms with van der Waals surface area (Å²) < 4.78 is 18.7. The van der Waals surface area contributed by atoms with E-state index in [-0.39, 0.29) is 40.8 Å². The fraction of sp³-hybridized carbons (Fsp3) is 0.350. The van der Waals surface area contributed by atoms with Crippen molar-refractivity contribution in [2.75, 3.05) is 23.7 Å². The van der Waals surface area contributed by atoms with Crippen molar-refractivity contribution in [2.24, 2.45) is 11.7 Å². The summed E-state index contributed by atoms with van der Waals surface area (Å²) in [5, 5.41) is 0. The van der Waals surface area contributed by atoms with Crippen molar-refractivity contribution in [3.05, 3.63) is 47.7 Å². The molecule has 0 saturated carbocycles. The SMILES string of the molecule is C[C@@H]1C[C@H](N)CN(c2ccncc2CC(=O)c2c(N)oc3cc(F)cnc23)C1. The van der Waals surface area contributed by atoms with Gasteiger partial charge in [0.15, 0.2) is 11.4 Å². The summed E-state index contributed by atoms with van der Waals surface area (Å²) in [7, 11) is 0. The Kier molecular flexibility index (Phi) is 4.72. The number of fused-ring (bicyclic) bond motifs is 1. The summed E-state index contributed by atoms with van der Waals surface area (Å²) in [6.45, 7) is 3.77. The second-order valence-electron chi connectivity index (χ2n) is 7.45. The maximum atomic E-state index is 13.4. The van der Waals surface area contributed by atoms with Gasteiger partial charge in [-0.25, -0.2) is 9.37 Å². The van der Waals surface area contributed by atoms with Gasteiger partial charge in [-0.15, -0.1) is 0 Å². The van der Waals surface area contributed by atoms with Gasteiger partial charge in [-0.05, 0) is 18.4 Å². The molecule has 4 rings (SSSR count). The second kappa shape index (κ2) is 7.20. The maximum absolute atomic E-state index is 13.4. The van der Waals surface area contributed by atoms with E-state index in [9.17, 15) is 9.18 Å². The monoisotopic (exact) mass is 383 g/mol. The van der Waals surface area contributed by atoms with Crippen molar-refractivity contribution in [2.45, 2.75) is 25.8 Å². The van der Waals surface area contributed by atoms with Gasteiger partial charge >= 0.3 is 0 Å². The van der Waals surface area contributed by atoms with Crippen LogP contribution in [0.5, 0.6) is 0 Å². The number of ketones is 1. The van der Waals surface area contributed by atoms with Crippen LogP contribution in [0.4, 0.5) is 16.0 Å². The molecule has 8 heteroatoms. The fourth-order valence-electron chi connectivity index (χ4n) is 3.96. The molecule has 146 valence electrons. The standard InChI is InChI=1S/C20H22FN5O2/c1-11-4-14(22)10-26(9-11)15-2-3-24-7-12(15)5-16(27)18-19-17(28-20(18)23)6-13(21)8-25-19/h2-3,6-8,11,14H,4-5,9-10,22-23H2,1H3/t11-,14+/m1/s1. The fourth-order valence-corrected chi connectivity index (χ4v) is 3.96. The van der Waals surface area contributed by atoms with Gasteiger partial charge in [0, 0.05) is 55.3 Å². The number of hydrogen-bond donors (Lipinski definition) is 2. The van der Waals surface area contributed by atoms with Crippen LogP contribution in [-0.2, 0) is 6.42 Å².